The maximum absolute atomic E-state index is 13.2. The molecule has 15 nitrogen and oxygen atoms in total. The van der Waals surface area contributed by atoms with Crippen LogP contribution in [0, 0.1) is 20.8 Å². The zero-order chi connectivity index (χ0) is 46.8. The fourth-order valence-electron chi connectivity index (χ4n) is 8.62. The molecule has 1 aliphatic rings. The number of rotatable bonds is 14. The average Bonchev–Trinajstić information content (AvgIpc) is 4.01. The van der Waals surface area contributed by atoms with Crippen molar-refractivity contribution in [2.45, 2.75) is 91.3 Å². The Labute approximate surface area is 400 Å². The lowest BCUT2D eigenvalue weighted by Crippen LogP contribution is -2.38. The number of ether oxygens (including phenoxy) is 2. The first-order chi connectivity index (χ1) is 31.5. The van der Waals surface area contributed by atoms with Crippen LogP contribution in [0.15, 0.2) is 60.9 Å². The Morgan fingerprint density at radius 1 is 0.727 bits per heavy atom. The van der Waals surface area contributed by atoms with E-state index in [1.807, 2.05) is 78.8 Å². The summed E-state index contributed by atoms with van der Waals surface area (Å²) < 4.78 is 15.4. The first-order valence-corrected chi connectivity index (χ1v) is 23.6. The van der Waals surface area contributed by atoms with Gasteiger partial charge in [0.15, 0.2) is 33.7 Å². The molecule has 1 fully saturated rings. The van der Waals surface area contributed by atoms with Crippen molar-refractivity contribution in [3.63, 3.8) is 0 Å². The molecule has 0 amide bonds. The number of hydrogen-bond donors (Lipinski definition) is 2. The van der Waals surface area contributed by atoms with Gasteiger partial charge in [0.25, 0.3) is 0 Å². The second-order valence-corrected chi connectivity index (χ2v) is 19.4. The lowest BCUT2D eigenvalue weighted by atomic mass is 9.82. The summed E-state index contributed by atoms with van der Waals surface area (Å²) >= 11 is 22.0. The van der Waals surface area contributed by atoms with E-state index < -0.39 is 11.2 Å². The predicted octanol–water partition coefficient (Wildman–Crippen LogP) is 8.84. The fourth-order valence-corrected chi connectivity index (χ4v) is 10.5. The van der Waals surface area contributed by atoms with E-state index in [1.54, 1.807) is 47.0 Å². The smallest absolute Gasteiger partial charge is 0.181 e. The van der Waals surface area contributed by atoms with Crippen LogP contribution < -0.4 is 14.4 Å². The standard InChI is InChI=1S/C47H48Cl3N11O4S/c1-24(2)64-41-39(48)32-21-30(11-14-35(32)55-44(41)50)47(63,43-27(6)53-28(7)66-43)38-23-52-58-61(38)19-16-31-12-13-34(26(5)54-31)46(62,37-22-51-57-59(37)8)29-10-15-36-33(20-29)40(49)42(65-25(3)4)45(56-36)60-17-9-18-60/h10-15,20-25,62-63H,9,16-19H2,1-8H3. The minimum atomic E-state index is -1.76. The van der Waals surface area contributed by atoms with E-state index in [1.165, 1.54) is 11.3 Å². The number of thiazole rings is 1. The fraction of sp³-hybridized carbons (Fsp3) is 0.362. The van der Waals surface area contributed by atoms with Crippen LogP contribution in [0.5, 0.6) is 11.5 Å². The molecular formula is C47H48Cl3N11O4S. The average molecular weight is 969 g/mol. The minimum Gasteiger partial charge on any atom is -0.486 e. The zero-order valence-corrected chi connectivity index (χ0v) is 40.7. The van der Waals surface area contributed by atoms with Crippen LogP contribution in [0.4, 0.5) is 5.82 Å². The third-order valence-electron chi connectivity index (χ3n) is 11.8. The molecule has 0 bridgehead atoms. The topological polar surface area (TPSA) is 175 Å². The summed E-state index contributed by atoms with van der Waals surface area (Å²) in [5.41, 5.74) is 2.04. The summed E-state index contributed by atoms with van der Waals surface area (Å²) in [4.78, 5) is 22.0. The summed E-state index contributed by atoms with van der Waals surface area (Å²) in [6.07, 6.45) is 4.24. The molecule has 342 valence electrons. The van der Waals surface area contributed by atoms with Gasteiger partial charge in [-0.25, -0.2) is 24.3 Å². The Hall–Kier alpha value is -5.49. The molecule has 6 aromatic heterocycles. The number of hydrogen-bond acceptors (Lipinski definition) is 14. The maximum Gasteiger partial charge on any atom is 0.181 e. The molecule has 2 aromatic carbocycles. The summed E-state index contributed by atoms with van der Waals surface area (Å²) in [5, 5.41) is 46.2. The molecule has 0 aliphatic carbocycles. The minimum absolute atomic E-state index is 0.134. The van der Waals surface area contributed by atoms with Gasteiger partial charge in [0.1, 0.15) is 5.69 Å². The van der Waals surface area contributed by atoms with Crippen LogP contribution in [-0.2, 0) is 31.2 Å². The second kappa shape index (κ2) is 17.6. The molecule has 1 aliphatic heterocycles. The number of pyridine rings is 3. The summed E-state index contributed by atoms with van der Waals surface area (Å²) in [6.45, 7) is 15.3. The van der Waals surface area contributed by atoms with Gasteiger partial charge >= 0.3 is 0 Å². The van der Waals surface area contributed by atoms with Gasteiger partial charge in [-0.2, -0.15) is 0 Å². The highest BCUT2D eigenvalue weighted by Gasteiger charge is 2.42. The van der Waals surface area contributed by atoms with Crippen molar-refractivity contribution in [2.75, 3.05) is 18.0 Å². The molecule has 2 N–H and O–H groups in total. The molecule has 2 unspecified atom stereocenters. The molecule has 1 saturated heterocycles. The van der Waals surface area contributed by atoms with Crippen molar-refractivity contribution in [3.8, 4) is 11.5 Å². The van der Waals surface area contributed by atoms with Crippen molar-refractivity contribution in [1.82, 2.24) is 49.9 Å². The number of aliphatic hydroxyl groups is 2. The highest BCUT2D eigenvalue weighted by atomic mass is 35.5. The second-order valence-electron chi connectivity index (χ2n) is 17.1. The van der Waals surface area contributed by atoms with Gasteiger partial charge in [-0.1, -0.05) is 63.4 Å². The van der Waals surface area contributed by atoms with E-state index in [9.17, 15) is 10.2 Å². The number of halogens is 3. The van der Waals surface area contributed by atoms with E-state index in [0.29, 0.717) is 95.7 Å². The van der Waals surface area contributed by atoms with Crippen molar-refractivity contribution >= 4 is 73.8 Å². The molecule has 66 heavy (non-hydrogen) atoms. The van der Waals surface area contributed by atoms with Crippen molar-refractivity contribution < 1.29 is 19.7 Å². The van der Waals surface area contributed by atoms with Crippen molar-refractivity contribution in [2.24, 2.45) is 7.05 Å². The third kappa shape index (κ3) is 7.90. The number of anilines is 1. The van der Waals surface area contributed by atoms with E-state index in [-0.39, 0.29) is 28.1 Å². The van der Waals surface area contributed by atoms with Crippen LogP contribution in [0.2, 0.25) is 15.2 Å². The summed E-state index contributed by atoms with van der Waals surface area (Å²) in [7, 11) is 1.73. The van der Waals surface area contributed by atoms with Gasteiger partial charge in [-0.15, -0.1) is 21.5 Å². The van der Waals surface area contributed by atoms with Gasteiger partial charge in [0, 0.05) is 60.8 Å². The molecule has 2 atom stereocenters. The largest absolute Gasteiger partial charge is 0.486 e. The highest BCUT2D eigenvalue weighted by Crippen LogP contribution is 2.46. The van der Waals surface area contributed by atoms with E-state index in [4.69, 9.17) is 54.2 Å². The van der Waals surface area contributed by atoms with Crippen LogP contribution in [0.1, 0.15) is 89.2 Å². The van der Waals surface area contributed by atoms with E-state index in [0.717, 1.165) is 30.2 Å². The molecule has 9 rings (SSSR count). The molecule has 19 heteroatoms. The number of aromatic nitrogens is 10. The van der Waals surface area contributed by atoms with E-state index >= 15 is 0 Å². The number of benzene rings is 2. The normalized spacial score (nSPS) is 14.9. The van der Waals surface area contributed by atoms with Gasteiger partial charge in [-0.05, 0) is 96.3 Å². The zero-order valence-electron chi connectivity index (χ0n) is 37.6. The predicted molar refractivity (Wildman–Crippen MR) is 256 cm³/mol. The van der Waals surface area contributed by atoms with Gasteiger partial charge < -0.3 is 24.6 Å². The van der Waals surface area contributed by atoms with Gasteiger partial charge in [0.05, 0.1) is 67.0 Å². The Balaban J connectivity index is 1.08. The van der Waals surface area contributed by atoms with Gasteiger partial charge in [0.2, 0.25) is 0 Å². The molecule has 0 spiro atoms. The highest BCUT2D eigenvalue weighted by molar-refractivity contribution is 7.11. The van der Waals surface area contributed by atoms with Crippen LogP contribution in [-0.4, -0.2) is 85.4 Å². The Bertz CT molecular complexity index is 3150. The number of nitrogens with zero attached hydrogens (tertiary/aromatic N) is 11. The Morgan fingerprint density at radius 2 is 1.35 bits per heavy atom. The maximum atomic E-state index is 13.2. The first kappa shape index (κ1) is 45.7. The van der Waals surface area contributed by atoms with Crippen LogP contribution >= 0.6 is 46.1 Å². The monoisotopic (exact) mass is 967 g/mol. The molecule has 8 aromatic rings. The SMILES string of the molecule is Cc1nc(C)c(C(O)(c2ccc3nc(Cl)c(OC(C)C)c(Cl)c3c2)c2cnnn2CCc2ccc(C(O)(c3ccc4nc(N5CCC5)c(OC(C)C)c(Cl)c4c3)c3cnnn3C)c(C)n2)s1. The Kier molecular flexibility index (Phi) is 12.2. The van der Waals surface area contributed by atoms with Gasteiger partial charge in [-0.3, -0.25) is 4.98 Å². The van der Waals surface area contributed by atoms with Crippen molar-refractivity contribution in [1.29, 1.82) is 0 Å². The third-order valence-corrected chi connectivity index (χ3v) is 14.0. The van der Waals surface area contributed by atoms with E-state index in [2.05, 4.69) is 35.5 Å². The quantitative estimate of drug-likeness (QED) is 0.0991. The van der Waals surface area contributed by atoms with Crippen molar-refractivity contribution in [3.05, 3.63) is 131 Å². The lowest BCUT2D eigenvalue weighted by molar-refractivity contribution is 0.115. The molecule has 7 heterocycles. The van der Waals surface area contributed by atoms with Crippen LogP contribution in [0.3, 0.4) is 0 Å². The molecular weight excluding hydrogens is 921 g/mol. The Morgan fingerprint density at radius 3 is 1.94 bits per heavy atom. The first-order valence-electron chi connectivity index (χ1n) is 21.6. The lowest BCUT2D eigenvalue weighted by Gasteiger charge is -2.34. The molecule has 0 radical (unpaired) electrons. The molecule has 0 saturated carbocycles. The van der Waals surface area contributed by atoms with Crippen LogP contribution in [0.25, 0.3) is 21.8 Å². The summed E-state index contributed by atoms with van der Waals surface area (Å²) in [6, 6.07) is 14.7. The number of aryl methyl sites for hydroxylation is 6. The summed E-state index contributed by atoms with van der Waals surface area (Å²) in [5.74, 6) is 1.50. The number of fused-ring (bicyclic) bond motifs is 2.